The molecule has 1 saturated heterocycles. The Hall–Kier alpha value is -3.72. The fourth-order valence-electron chi connectivity index (χ4n) is 4.35. The number of rotatable bonds is 10. The van der Waals surface area contributed by atoms with Crippen molar-refractivity contribution < 1.29 is 45.8 Å². The lowest BCUT2D eigenvalue weighted by Gasteiger charge is -2.26. The van der Waals surface area contributed by atoms with Crippen LogP contribution in [0.4, 0.5) is 26.7 Å². The molecule has 0 aliphatic carbocycles. The van der Waals surface area contributed by atoms with E-state index in [1.54, 1.807) is 0 Å². The lowest BCUT2D eigenvalue weighted by atomic mass is 10.1. The summed E-state index contributed by atoms with van der Waals surface area (Å²) in [5.74, 6) is -4.90. The third-order valence-corrected chi connectivity index (χ3v) is 7.01. The second-order valence-electron chi connectivity index (χ2n) is 9.23. The maximum absolute atomic E-state index is 15.0. The SMILES string of the molecule is NC(=O)c1c(F)ccc(OC(CN(CCN2CCCC2)C(=O)O)c2nc(-c3ccc(C(F)(F)F)cc3)c(Br)o2)c1F. The molecule has 220 valence electrons. The Kier molecular flexibility index (Phi) is 9.17. The maximum Gasteiger partial charge on any atom is 0.416 e. The van der Waals surface area contributed by atoms with Crippen LogP contribution in [0.2, 0.25) is 0 Å². The van der Waals surface area contributed by atoms with Crippen molar-refractivity contribution in [3.63, 3.8) is 0 Å². The molecule has 15 heteroatoms. The van der Waals surface area contributed by atoms with Gasteiger partial charge in [0.1, 0.15) is 17.1 Å². The molecule has 0 saturated carbocycles. The predicted octanol–water partition coefficient (Wildman–Crippen LogP) is 5.70. The van der Waals surface area contributed by atoms with Gasteiger partial charge in [-0.05, 0) is 66.1 Å². The molecule has 2 aromatic carbocycles. The molecule has 1 aromatic heterocycles. The number of amides is 2. The minimum atomic E-state index is -4.55. The van der Waals surface area contributed by atoms with Crippen LogP contribution >= 0.6 is 15.9 Å². The summed E-state index contributed by atoms with van der Waals surface area (Å²) >= 11 is 3.16. The van der Waals surface area contributed by atoms with Crippen molar-refractivity contribution in [2.24, 2.45) is 5.73 Å². The van der Waals surface area contributed by atoms with E-state index in [4.69, 9.17) is 14.9 Å². The largest absolute Gasteiger partial charge is 0.476 e. The topological polar surface area (TPSA) is 122 Å². The van der Waals surface area contributed by atoms with Crippen molar-refractivity contribution in [1.29, 1.82) is 0 Å². The summed E-state index contributed by atoms with van der Waals surface area (Å²) in [4.78, 5) is 31.1. The van der Waals surface area contributed by atoms with Crippen LogP contribution in [-0.2, 0) is 6.18 Å². The van der Waals surface area contributed by atoms with Gasteiger partial charge in [-0.25, -0.2) is 18.6 Å². The molecule has 3 aromatic rings. The van der Waals surface area contributed by atoms with E-state index in [1.165, 1.54) is 12.1 Å². The molecule has 3 N–H and O–H groups in total. The van der Waals surface area contributed by atoms with Crippen LogP contribution in [0.25, 0.3) is 11.3 Å². The van der Waals surface area contributed by atoms with Gasteiger partial charge < -0.3 is 29.8 Å². The van der Waals surface area contributed by atoms with Crippen molar-refractivity contribution >= 4 is 27.9 Å². The number of nitrogens with zero attached hydrogens (tertiary/aromatic N) is 3. The first-order valence-electron chi connectivity index (χ1n) is 12.3. The van der Waals surface area contributed by atoms with Crippen LogP contribution in [-0.4, -0.2) is 64.6 Å². The lowest BCUT2D eigenvalue weighted by molar-refractivity contribution is -0.137. The fourth-order valence-corrected chi connectivity index (χ4v) is 4.84. The Morgan fingerprint density at radius 1 is 1.15 bits per heavy atom. The predicted molar refractivity (Wildman–Crippen MR) is 138 cm³/mol. The van der Waals surface area contributed by atoms with Gasteiger partial charge in [-0.3, -0.25) is 4.79 Å². The highest BCUT2D eigenvalue weighted by Crippen LogP contribution is 2.36. The average molecular weight is 647 g/mol. The zero-order valence-electron chi connectivity index (χ0n) is 21.3. The molecule has 1 atom stereocenters. The monoisotopic (exact) mass is 646 g/mol. The van der Waals surface area contributed by atoms with Crippen LogP contribution in [0, 0.1) is 11.6 Å². The number of likely N-dealkylation sites (tertiary alicyclic amines) is 1. The van der Waals surface area contributed by atoms with Crippen molar-refractivity contribution in [2.75, 3.05) is 32.7 Å². The zero-order chi connectivity index (χ0) is 29.9. The number of hydrogen-bond donors (Lipinski definition) is 2. The number of carbonyl (C=O) groups excluding carboxylic acids is 1. The summed E-state index contributed by atoms with van der Waals surface area (Å²) < 4.78 is 79.4. The number of ether oxygens (including phenoxy) is 1. The smallest absolute Gasteiger partial charge is 0.416 e. The van der Waals surface area contributed by atoms with Crippen LogP contribution in [0.15, 0.2) is 45.5 Å². The molecular weight excluding hydrogens is 623 g/mol. The van der Waals surface area contributed by atoms with Gasteiger partial charge in [-0.2, -0.15) is 13.2 Å². The second kappa shape index (κ2) is 12.4. The first-order valence-corrected chi connectivity index (χ1v) is 13.1. The number of halogens is 6. The molecule has 0 radical (unpaired) electrons. The summed E-state index contributed by atoms with van der Waals surface area (Å²) in [6, 6.07) is 5.71. The van der Waals surface area contributed by atoms with Gasteiger partial charge in [0, 0.05) is 18.7 Å². The first kappa shape index (κ1) is 30.2. The minimum Gasteiger partial charge on any atom is -0.476 e. The molecular formula is C26H24BrF5N4O5. The van der Waals surface area contributed by atoms with Crippen molar-refractivity contribution in [1.82, 2.24) is 14.8 Å². The minimum absolute atomic E-state index is 0.0165. The van der Waals surface area contributed by atoms with Crippen molar-refractivity contribution in [3.8, 4) is 17.0 Å². The van der Waals surface area contributed by atoms with E-state index in [1.807, 2.05) is 0 Å². The Bertz CT molecular complexity index is 1410. The van der Waals surface area contributed by atoms with Gasteiger partial charge in [0.2, 0.25) is 5.89 Å². The lowest BCUT2D eigenvalue weighted by Crippen LogP contribution is -2.40. The molecule has 41 heavy (non-hydrogen) atoms. The molecule has 2 amide bonds. The Labute approximate surface area is 238 Å². The van der Waals surface area contributed by atoms with Crippen LogP contribution < -0.4 is 10.5 Å². The number of nitrogens with two attached hydrogens (primary N) is 1. The number of carboxylic acid groups (broad SMARTS) is 1. The van der Waals surface area contributed by atoms with E-state index in [0.29, 0.717) is 6.54 Å². The van der Waals surface area contributed by atoms with Crippen LogP contribution in [0.1, 0.15) is 40.8 Å². The third kappa shape index (κ3) is 7.14. The van der Waals surface area contributed by atoms with Gasteiger partial charge >= 0.3 is 12.3 Å². The number of benzene rings is 2. The molecule has 0 spiro atoms. The summed E-state index contributed by atoms with van der Waals surface area (Å²) in [6.45, 7) is 1.68. The summed E-state index contributed by atoms with van der Waals surface area (Å²) in [5.41, 5.74) is 3.46. The second-order valence-corrected chi connectivity index (χ2v) is 9.95. The van der Waals surface area contributed by atoms with E-state index < -0.39 is 59.3 Å². The van der Waals surface area contributed by atoms with Crippen molar-refractivity contribution in [3.05, 3.63) is 69.7 Å². The van der Waals surface area contributed by atoms with Gasteiger partial charge in [0.15, 0.2) is 22.3 Å². The van der Waals surface area contributed by atoms with E-state index in [2.05, 4.69) is 25.8 Å². The number of primary amides is 1. The number of aromatic nitrogens is 1. The Balaban J connectivity index is 1.68. The number of carbonyl (C=O) groups is 2. The van der Waals surface area contributed by atoms with E-state index in [9.17, 15) is 32.3 Å². The fraction of sp³-hybridized carbons (Fsp3) is 0.346. The summed E-state index contributed by atoms with van der Waals surface area (Å²) in [7, 11) is 0. The average Bonchev–Trinajstić information content (AvgIpc) is 3.56. The normalized spacial score (nSPS) is 14.7. The van der Waals surface area contributed by atoms with Gasteiger partial charge in [0.05, 0.1) is 12.1 Å². The standard InChI is InChI=1S/C26H24BrF5N4O5/c27-22-21(14-3-5-15(6-4-14)26(30,31)32)34-24(41-22)18(13-36(25(38)39)12-11-35-9-1-2-10-35)40-17-8-7-16(28)19(20(17)29)23(33)37/h3-8,18H,1-2,9-13H2,(H2,33,37)(H,38,39). The Morgan fingerprint density at radius 3 is 2.39 bits per heavy atom. The summed E-state index contributed by atoms with van der Waals surface area (Å²) in [6.07, 6.45) is -5.32. The maximum atomic E-state index is 15.0. The molecule has 1 aliphatic rings. The highest BCUT2D eigenvalue weighted by atomic mass is 79.9. The molecule has 1 unspecified atom stereocenters. The van der Waals surface area contributed by atoms with Crippen LogP contribution in [0.3, 0.4) is 0 Å². The van der Waals surface area contributed by atoms with Crippen molar-refractivity contribution in [2.45, 2.75) is 25.1 Å². The number of alkyl halides is 3. The zero-order valence-corrected chi connectivity index (χ0v) is 22.8. The number of hydrogen-bond acceptors (Lipinski definition) is 6. The van der Waals surface area contributed by atoms with E-state index >= 15 is 4.39 Å². The molecule has 1 fully saturated rings. The van der Waals surface area contributed by atoms with Gasteiger partial charge in [-0.1, -0.05) is 12.1 Å². The third-order valence-electron chi connectivity index (χ3n) is 6.48. The van der Waals surface area contributed by atoms with Gasteiger partial charge in [0.25, 0.3) is 5.91 Å². The molecule has 0 bridgehead atoms. The quantitative estimate of drug-likeness (QED) is 0.271. The van der Waals surface area contributed by atoms with Crippen LogP contribution in [0.5, 0.6) is 5.75 Å². The molecule has 4 rings (SSSR count). The Morgan fingerprint density at radius 2 is 1.80 bits per heavy atom. The first-order chi connectivity index (χ1) is 19.3. The molecule has 9 nitrogen and oxygen atoms in total. The molecule has 1 aliphatic heterocycles. The summed E-state index contributed by atoms with van der Waals surface area (Å²) in [5, 5.41) is 9.86. The van der Waals surface area contributed by atoms with E-state index in [0.717, 1.165) is 55.1 Å². The highest BCUT2D eigenvalue weighted by molar-refractivity contribution is 9.10. The number of oxazole rings is 1. The van der Waals surface area contributed by atoms with Gasteiger partial charge in [-0.15, -0.1) is 0 Å². The highest BCUT2D eigenvalue weighted by Gasteiger charge is 2.32. The van der Waals surface area contributed by atoms with E-state index in [-0.39, 0.29) is 28.4 Å². The molecule has 2 heterocycles.